The van der Waals surface area contributed by atoms with Gasteiger partial charge in [-0.2, -0.15) is 4.31 Å². The zero-order valence-corrected chi connectivity index (χ0v) is 19.6. The second-order valence-electron chi connectivity index (χ2n) is 8.35. The maximum absolute atomic E-state index is 13.0. The van der Waals surface area contributed by atoms with Gasteiger partial charge in [0.05, 0.1) is 4.90 Å². The average molecular weight is 449 g/mol. The van der Waals surface area contributed by atoms with Gasteiger partial charge in [0.2, 0.25) is 10.0 Å². The summed E-state index contributed by atoms with van der Waals surface area (Å²) in [6, 6.07) is 14.6. The number of unbranched alkanes of at least 4 members (excludes halogenated alkanes) is 1. The van der Waals surface area contributed by atoms with Crippen LogP contribution in [0.25, 0.3) is 0 Å². The highest BCUT2D eigenvalue weighted by atomic mass is 35.5. The van der Waals surface area contributed by atoms with Crippen LogP contribution in [0.4, 0.5) is 0 Å². The van der Waals surface area contributed by atoms with E-state index in [4.69, 9.17) is 0 Å². The van der Waals surface area contributed by atoms with E-state index in [1.165, 1.54) is 12.8 Å². The van der Waals surface area contributed by atoms with Gasteiger partial charge in [-0.25, -0.2) is 8.42 Å². The first-order valence-corrected chi connectivity index (χ1v) is 12.4. The molecule has 2 aromatic carbocycles. The van der Waals surface area contributed by atoms with Crippen molar-refractivity contribution < 1.29 is 8.42 Å². The summed E-state index contributed by atoms with van der Waals surface area (Å²) in [4.78, 5) is 3.04. The van der Waals surface area contributed by atoms with E-state index < -0.39 is 10.0 Å². The normalized spacial score (nSPS) is 18.3. The van der Waals surface area contributed by atoms with Crippen LogP contribution in [0.1, 0.15) is 54.5 Å². The summed E-state index contributed by atoms with van der Waals surface area (Å²) < 4.78 is 27.6. The van der Waals surface area contributed by atoms with Gasteiger partial charge in [-0.1, -0.05) is 37.3 Å². The lowest BCUT2D eigenvalue weighted by Crippen LogP contribution is -2.36. The Morgan fingerprint density at radius 1 is 1.07 bits per heavy atom. The number of rotatable bonds is 8. The van der Waals surface area contributed by atoms with E-state index in [1.54, 1.807) is 33.1 Å². The van der Waals surface area contributed by atoms with Crippen molar-refractivity contribution in [3.8, 4) is 0 Å². The van der Waals surface area contributed by atoms with E-state index in [0.29, 0.717) is 24.0 Å². The largest absolute Gasteiger partial charge is 0.296 e. The van der Waals surface area contributed by atoms with Crippen LogP contribution >= 0.6 is 12.4 Å². The molecule has 1 aliphatic carbocycles. The molecule has 1 unspecified atom stereocenters. The van der Waals surface area contributed by atoms with Crippen molar-refractivity contribution in [2.75, 3.05) is 26.2 Å². The highest BCUT2D eigenvalue weighted by Crippen LogP contribution is 2.41. The van der Waals surface area contributed by atoms with Crippen molar-refractivity contribution in [2.24, 2.45) is 0 Å². The number of sulfonamides is 1. The number of benzene rings is 2. The molecule has 0 spiro atoms. The number of halogens is 1. The maximum atomic E-state index is 13.0. The quantitative estimate of drug-likeness (QED) is 0.547. The fraction of sp³-hybridized carbons (Fsp3) is 0.500. The topological polar surface area (TPSA) is 40.6 Å². The summed E-state index contributed by atoms with van der Waals surface area (Å²) in [5.41, 5.74) is 5.65. The second-order valence-corrected chi connectivity index (χ2v) is 10.3. The molecule has 30 heavy (non-hydrogen) atoms. The SMILES string of the molecule is CCN(CCCCN1CCc2cccc3c2C1CC3)S(=O)(=O)c1cccc(C)c1.Cl. The van der Waals surface area contributed by atoms with Gasteiger partial charge in [-0.05, 0) is 80.0 Å². The molecule has 0 bridgehead atoms. The third kappa shape index (κ3) is 4.59. The standard InChI is InChI=1S/C24H32N2O2S.ClH/c1-3-26(29(27,28)22-11-6-8-19(2)18-22)16-5-4-15-25-17-14-21-10-7-9-20-12-13-23(25)24(20)21;/h6-11,18,23H,3-5,12-17H2,1-2H3;1H. The zero-order chi connectivity index (χ0) is 20.4. The highest BCUT2D eigenvalue weighted by molar-refractivity contribution is 7.89. The molecule has 0 saturated carbocycles. The Hall–Kier alpha value is -1.40. The first-order chi connectivity index (χ1) is 14.0. The molecule has 1 aliphatic heterocycles. The van der Waals surface area contributed by atoms with Gasteiger partial charge in [0.15, 0.2) is 0 Å². The van der Waals surface area contributed by atoms with Crippen LogP contribution in [0, 0.1) is 6.92 Å². The van der Waals surface area contributed by atoms with Crippen molar-refractivity contribution in [3.05, 3.63) is 64.7 Å². The summed E-state index contributed by atoms with van der Waals surface area (Å²) in [6.45, 7) is 7.14. The van der Waals surface area contributed by atoms with Crippen LogP contribution in [-0.4, -0.2) is 43.8 Å². The van der Waals surface area contributed by atoms with Crippen molar-refractivity contribution in [3.63, 3.8) is 0 Å². The molecule has 2 aromatic rings. The van der Waals surface area contributed by atoms with Crippen LogP contribution in [-0.2, 0) is 22.9 Å². The van der Waals surface area contributed by atoms with Crippen molar-refractivity contribution in [1.82, 2.24) is 9.21 Å². The third-order valence-electron chi connectivity index (χ3n) is 6.50. The first-order valence-electron chi connectivity index (χ1n) is 10.9. The Balaban J connectivity index is 0.00000256. The lowest BCUT2D eigenvalue weighted by molar-refractivity contribution is 0.181. The predicted octanol–water partition coefficient (Wildman–Crippen LogP) is 4.75. The molecule has 0 radical (unpaired) electrons. The van der Waals surface area contributed by atoms with E-state index in [9.17, 15) is 8.42 Å². The van der Waals surface area contributed by atoms with Gasteiger partial charge in [0, 0.05) is 25.7 Å². The fourth-order valence-electron chi connectivity index (χ4n) is 5.00. The Morgan fingerprint density at radius 2 is 1.80 bits per heavy atom. The first kappa shape index (κ1) is 23.3. The van der Waals surface area contributed by atoms with Crippen molar-refractivity contribution in [2.45, 2.75) is 56.9 Å². The molecule has 1 atom stereocenters. The van der Waals surface area contributed by atoms with Gasteiger partial charge >= 0.3 is 0 Å². The number of hydrogen-bond donors (Lipinski definition) is 0. The van der Waals surface area contributed by atoms with Crippen LogP contribution in [0.5, 0.6) is 0 Å². The Kier molecular flexibility index (Phi) is 7.61. The van der Waals surface area contributed by atoms with Gasteiger partial charge in [-0.3, -0.25) is 4.90 Å². The lowest BCUT2D eigenvalue weighted by Gasteiger charge is -2.35. The maximum Gasteiger partial charge on any atom is 0.243 e. The molecule has 1 heterocycles. The summed E-state index contributed by atoms with van der Waals surface area (Å²) in [6.07, 6.45) is 5.50. The minimum atomic E-state index is -3.41. The molecular formula is C24H33ClN2O2S. The minimum Gasteiger partial charge on any atom is -0.296 e. The highest BCUT2D eigenvalue weighted by Gasteiger charge is 2.33. The van der Waals surface area contributed by atoms with E-state index in [2.05, 4.69) is 23.1 Å². The third-order valence-corrected chi connectivity index (χ3v) is 8.47. The smallest absolute Gasteiger partial charge is 0.243 e. The monoisotopic (exact) mass is 448 g/mol. The molecule has 2 aliphatic rings. The molecule has 0 aromatic heterocycles. The van der Waals surface area contributed by atoms with Crippen LogP contribution in [0.3, 0.4) is 0 Å². The summed E-state index contributed by atoms with van der Waals surface area (Å²) in [7, 11) is -3.41. The van der Waals surface area contributed by atoms with Gasteiger partial charge < -0.3 is 0 Å². The molecule has 4 nitrogen and oxygen atoms in total. The van der Waals surface area contributed by atoms with Crippen molar-refractivity contribution >= 4 is 22.4 Å². The molecule has 6 heteroatoms. The number of aryl methyl sites for hydroxylation is 2. The molecule has 164 valence electrons. The number of hydrogen-bond acceptors (Lipinski definition) is 3. The molecular weight excluding hydrogens is 416 g/mol. The summed E-state index contributed by atoms with van der Waals surface area (Å²) >= 11 is 0. The Morgan fingerprint density at radius 3 is 2.53 bits per heavy atom. The fourth-order valence-corrected chi connectivity index (χ4v) is 6.59. The molecule has 0 amide bonds. The Labute approximate surface area is 187 Å². The Bertz CT molecular complexity index is 977. The predicted molar refractivity (Wildman–Crippen MR) is 125 cm³/mol. The van der Waals surface area contributed by atoms with Crippen LogP contribution < -0.4 is 0 Å². The van der Waals surface area contributed by atoms with Crippen LogP contribution in [0.2, 0.25) is 0 Å². The molecule has 0 saturated heterocycles. The summed E-state index contributed by atoms with van der Waals surface area (Å²) in [5, 5.41) is 0. The zero-order valence-electron chi connectivity index (χ0n) is 18.0. The molecule has 0 fully saturated rings. The minimum absolute atomic E-state index is 0. The van der Waals surface area contributed by atoms with E-state index in [0.717, 1.165) is 37.9 Å². The van der Waals surface area contributed by atoms with Gasteiger partial charge in [0.25, 0.3) is 0 Å². The summed E-state index contributed by atoms with van der Waals surface area (Å²) in [5.74, 6) is 0. The van der Waals surface area contributed by atoms with Crippen molar-refractivity contribution in [1.29, 1.82) is 0 Å². The molecule has 0 N–H and O–H groups in total. The lowest BCUT2D eigenvalue weighted by atomic mass is 9.93. The van der Waals surface area contributed by atoms with E-state index in [-0.39, 0.29) is 12.4 Å². The van der Waals surface area contributed by atoms with Crippen LogP contribution in [0.15, 0.2) is 47.4 Å². The second kappa shape index (κ2) is 9.82. The number of nitrogens with zero attached hydrogens (tertiary/aromatic N) is 2. The van der Waals surface area contributed by atoms with E-state index in [1.807, 2.05) is 26.0 Å². The van der Waals surface area contributed by atoms with Gasteiger partial charge in [-0.15, -0.1) is 12.4 Å². The van der Waals surface area contributed by atoms with E-state index >= 15 is 0 Å². The average Bonchev–Trinajstić information content (AvgIpc) is 3.15. The molecule has 4 rings (SSSR count). The van der Waals surface area contributed by atoms with Gasteiger partial charge in [0.1, 0.15) is 0 Å².